The molecule has 1 aromatic heterocycles. The molecule has 1 aromatic carbocycles. The van der Waals surface area contributed by atoms with E-state index in [1.54, 1.807) is 6.20 Å². The molecule has 2 rings (SSSR count). The molecule has 1 heterocycles. The number of hydrogen-bond acceptors (Lipinski definition) is 3. The van der Waals surface area contributed by atoms with E-state index in [1.807, 2.05) is 32.3 Å². The zero-order valence-corrected chi connectivity index (χ0v) is 10.3. The molecule has 0 atom stereocenters. The summed E-state index contributed by atoms with van der Waals surface area (Å²) in [5.74, 6) is 0.0616. The number of H-pyrrole nitrogens is 1. The number of fused-ring (bicyclic) bond motifs is 1. The molecule has 0 saturated carbocycles. The minimum Gasteiger partial charge on any atom is -0.360 e. The first-order chi connectivity index (χ1) is 8.76. The van der Waals surface area contributed by atoms with Gasteiger partial charge in [-0.15, -0.1) is 0 Å². The second-order valence-electron chi connectivity index (χ2n) is 4.16. The number of aromatic amines is 1. The van der Waals surface area contributed by atoms with Gasteiger partial charge in [-0.1, -0.05) is 24.4 Å². The summed E-state index contributed by atoms with van der Waals surface area (Å²) in [6, 6.07) is 5.98. The van der Waals surface area contributed by atoms with Gasteiger partial charge >= 0.3 is 0 Å². The molecule has 93 valence electrons. The van der Waals surface area contributed by atoms with Crippen molar-refractivity contribution in [3.63, 3.8) is 0 Å². The molecule has 4 nitrogen and oxygen atoms in total. The molecule has 0 bridgehead atoms. The minimum atomic E-state index is 0.0616. The van der Waals surface area contributed by atoms with Crippen molar-refractivity contribution in [2.75, 3.05) is 6.61 Å². The quantitative estimate of drug-likeness (QED) is 0.268. The third kappa shape index (κ3) is 2.63. The first-order valence-electron chi connectivity index (χ1n) is 5.96. The van der Waals surface area contributed by atoms with Gasteiger partial charge in [-0.2, -0.15) is 0 Å². The summed E-state index contributed by atoms with van der Waals surface area (Å²) in [6.45, 7) is 2.15. The predicted octanol–water partition coefficient (Wildman–Crippen LogP) is 2.00. The van der Waals surface area contributed by atoms with Crippen molar-refractivity contribution in [2.24, 2.45) is 0 Å². The molecule has 0 aliphatic rings. The summed E-state index contributed by atoms with van der Waals surface area (Å²) in [4.78, 5) is 19.1. The van der Waals surface area contributed by atoms with Crippen LogP contribution in [0.25, 0.3) is 10.9 Å². The first-order valence-corrected chi connectivity index (χ1v) is 5.96. The van der Waals surface area contributed by atoms with E-state index in [0.29, 0.717) is 18.4 Å². The van der Waals surface area contributed by atoms with Crippen molar-refractivity contribution >= 4 is 29.4 Å². The lowest BCUT2D eigenvalue weighted by Gasteiger charge is -2.00. The highest BCUT2D eigenvalue weighted by molar-refractivity contribution is 6.52. The number of carbonyl (C=O) groups is 1. The number of Topliss-reactive ketones (excluding diaryl/α,β-unsaturated/α-hetero) is 1. The van der Waals surface area contributed by atoms with Gasteiger partial charge in [-0.25, -0.2) is 4.89 Å². The van der Waals surface area contributed by atoms with E-state index in [0.717, 1.165) is 16.4 Å². The van der Waals surface area contributed by atoms with Crippen molar-refractivity contribution in [2.45, 2.75) is 19.7 Å². The van der Waals surface area contributed by atoms with Crippen LogP contribution in [0.3, 0.4) is 0 Å². The Bertz CT molecular complexity index is 550. The molecule has 5 heteroatoms. The Labute approximate surface area is 106 Å². The summed E-state index contributed by atoms with van der Waals surface area (Å²) < 4.78 is 0. The van der Waals surface area contributed by atoms with Gasteiger partial charge < -0.3 is 4.98 Å². The number of rotatable bonds is 6. The molecule has 0 aliphatic heterocycles. The van der Waals surface area contributed by atoms with Crippen molar-refractivity contribution < 1.29 is 14.9 Å². The van der Waals surface area contributed by atoms with Crippen LogP contribution in [0.2, 0.25) is 6.82 Å². The van der Waals surface area contributed by atoms with Crippen molar-refractivity contribution in [3.8, 4) is 0 Å². The molecular formula is C13H15BNO3. The Morgan fingerprint density at radius 2 is 2.33 bits per heavy atom. The zero-order chi connectivity index (χ0) is 13.0. The minimum absolute atomic E-state index is 0.0616. The Morgan fingerprint density at radius 3 is 3.06 bits per heavy atom. The van der Waals surface area contributed by atoms with Crippen LogP contribution in [0, 0.1) is 0 Å². The molecule has 0 spiro atoms. The van der Waals surface area contributed by atoms with E-state index < -0.39 is 0 Å². The molecule has 1 radical (unpaired) electrons. The largest absolute Gasteiger partial charge is 0.360 e. The molecular weight excluding hydrogens is 229 g/mol. The van der Waals surface area contributed by atoms with Gasteiger partial charge in [-0.05, 0) is 12.5 Å². The topological polar surface area (TPSA) is 62.3 Å². The lowest BCUT2D eigenvalue weighted by molar-refractivity contribution is -0.242. The van der Waals surface area contributed by atoms with Crippen molar-refractivity contribution in [3.05, 3.63) is 30.0 Å². The summed E-state index contributed by atoms with van der Waals surface area (Å²) in [5, 5.41) is 9.17. The van der Waals surface area contributed by atoms with Crippen LogP contribution in [0.4, 0.5) is 0 Å². The fourth-order valence-corrected chi connectivity index (χ4v) is 1.98. The molecule has 0 aliphatic carbocycles. The number of benzene rings is 1. The molecule has 2 N–H and O–H groups in total. The fraction of sp³-hybridized carbons (Fsp3) is 0.308. The average molecular weight is 244 g/mol. The predicted molar refractivity (Wildman–Crippen MR) is 71.7 cm³/mol. The molecule has 0 saturated heterocycles. The lowest BCUT2D eigenvalue weighted by Crippen LogP contribution is -2.09. The van der Waals surface area contributed by atoms with E-state index in [4.69, 9.17) is 5.26 Å². The van der Waals surface area contributed by atoms with Crippen LogP contribution < -0.4 is 5.46 Å². The van der Waals surface area contributed by atoms with Crippen LogP contribution in [-0.4, -0.2) is 29.9 Å². The van der Waals surface area contributed by atoms with Crippen LogP contribution in [0.5, 0.6) is 0 Å². The number of aromatic nitrogens is 1. The summed E-state index contributed by atoms with van der Waals surface area (Å²) in [7, 11) is 2.00. The highest BCUT2D eigenvalue weighted by Gasteiger charge is 2.12. The third-order valence-corrected chi connectivity index (χ3v) is 2.98. The van der Waals surface area contributed by atoms with Crippen LogP contribution >= 0.6 is 0 Å². The van der Waals surface area contributed by atoms with Gasteiger partial charge in [0.25, 0.3) is 0 Å². The second kappa shape index (κ2) is 5.84. The average Bonchev–Trinajstić information content (AvgIpc) is 2.81. The fourth-order valence-electron chi connectivity index (χ4n) is 1.98. The van der Waals surface area contributed by atoms with Crippen LogP contribution in [-0.2, 0) is 4.89 Å². The van der Waals surface area contributed by atoms with Gasteiger partial charge in [0.2, 0.25) is 0 Å². The van der Waals surface area contributed by atoms with E-state index in [-0.39, 0.29) is 12.4 Å². The molecule has 18 heavy (non-hydrogen) atoms. The van der Waals surface area contributed by atoms with Crippen molar-refractivity contribution in [1.29, 1.82) is 0 Å². The van der Waals surface area contributed by atoms with Crippen LogP contribution in [0.15, 0.2) is 24.4 Å². The molecule has 0 amide bonds. The molecule has 0 fully saturated rings. The standard InChI is InChI=1S/C13H15BNO3/c1-14-9-4-5-12-10(7-9)11(8-15-12)13(16)3-2-6-18-17/h4-5,7-8,15,17H,2-3,6H2,1H3. The second-order valence-corrected chi connectivity index (χ2v) is 4.16. The Hall–Kier alpha value is -1.59. The normalized spacial score (nSPS) is 10.8. The number of hydrogen-bond donors (Lipinski definition) is 2. The summed E-state index contributed by atoms with van der Waals surface area (Å²) in [6.07, 6.45) is 2.63. The monoisotopic (exact) mass is 244 g/mol. The van der Waals surface area contributed by atoms with Gasteiger partial charge in [0.15, 0.2) is 5.78 Å². The molecule has 2 aromatic rings. The lowest BCUT2D eigenvalue weighted by atomic mass is 9.73. The van der Waals surface area contributed by atoms with Gasteiger partial charge in [-0.3, -0.25) is 10.1 Å². The maximum Gasteiger partial charge on any atom is 0.165 e. The third-order valence-electron chi connectivity index (χ3n) is 2.98. The van der Waals surface area contributed by atoms with E-state index in [1.165, 1.54) is 0 Å². The van der Waals surface area contributed by atoms with E-state index in [2.05, 4.69) is 9.87 Å². The number of ketones is 1. The molecule has 0 unspecified atom stereocenters. The van der Waals surface area contributed by atoms with Gasteiger partial charge in [0.05, 0.1) is 6.61 Å². The van der Waals surface area contributed by atoms with Crippen LogP contribution in [0.1, 0.15) is 23.2 Å². The highest BCUT2D eigenvalue weighted by atomic mass is 17.1. The summed E-state index contributed by atoms with van der Waals surface area (Å²) >= 11 is 0. The van der Waals surface area contributed by atoms with E-state index >= 15 is 0 Å². The summed E-state index contributed by atoms with van der Waals surface area (Å²) in [5.41, 5.74) is 2.75. The van der Waals surface area contributed by atoms with Crippen molar-refractivity contribution in [1.82, 2.24) is 4.98 Å². The smallest absolute Gasteiger partial charge is 0.165 e. The first kappa shape index (κ1) is 12.9. The Kier molecular flexibility index (Phi) is 4.17. The maximum absolute atomic E-state index is 12.0. The number of carbonyl (C=O) groups excluding carboxylic acids is 1. The van der Waals surface area contributed by atoms with E-state index in [9.17, 15) is 4.79 Å². The van der Waals surface area contributed by atoms with Gasteiger partial charge in [0, 0.05) is 29.1 Å². The highest BCUT2D eigenvalue weighted by Crippen LogP contribution is 2.18. The Morgan fingerprint density at radius 1 is 1.50 bits per heavy atom. The Balaban J connectivity index is 2.24. The number of nitrogens with one attached hydrogen (secondary N) is 1. The van der Waals surface area contributed by atoms with Gasteiger partial charge in [0.1, 0.15) is 7.28 Å². The SMILES string of the molecule is C[B]c1ccc2[nH]cc(C(=O)CCCOO)c2c1. The maximum atomic E-state index is 12.0. The zero-order valence-electron chi connectivity index (χ0n) is 10.3.